The lowest BCUT2D eigenvalue weighted by Crippen LogP contribution is -2.48. The number of benzene rings is 1. The van der Waals surface area contributed by atoms with Crippen molar-refractivity contribution in [3.05, 3.63) is 41.0 Å². The van der Waals surface area contributed by atoms with Crippen LogP contribution < -0.4 is 4.74 Å². The fraction of sp³-hybridized carbons (Fsp3) is 0.471. The lowest BCUT2D eigenvalue weighted by atomic mass is 10.1. The highest BCUT2D eigenvalue weighted by molar-refractivity contribution is 5.94. The van der Waals surface area contributed by atoms with E-state index in [-0.39, 0.29) is 5.91 Å². The molecule has 2 aromatic rings. The lowest BCUT2D eigenvalue weighted by Gasteiger charge is -2.34. The zero-order valence-corrected chi connectivity index (χ0v) is 14.3. The third-order valence-corrected chi connectivity index (χ3v) is 4.24. The Balaban J connectivity index is 1.58. The van der Waals surface area contributed by atoms with Gasteiger partial charge in [0.2, 0.25) is 5.89 Å². The van der Waals surface area contributed by atoms with Gasteiger partial charge in [0.15, 0.2) is 5.82 Å². The summed E-state index contributed by atoms with van der Waals surface area (Å²) >= 11 is 0. The molecule has 0 atom stereocenters. The Hall–Kier alpha value is -2.41. The molecule has 0 saturated carbocycles. The van der Waals surface area contributed by atoms with E-state index in [1.165, 1.54) is 0 Å². The topological polar surface area (TPSA) is 71.7 Å². The lowest BCUT2D eigenvalue weighted by molar-refractivity contribution is 0.0614. The first-order valence-corrected chi connectivity index (χ1v) is 8.02. The average Bonchev–Trinajstić information content (AvgIpc) is 3.00. The highest BCUT2D eigenvalue weighted by Crippen LogP contribution is 2.20. The third kappa shape index (κ3) is 3.56. The molecule has 0 aliphatic carbocycles. The first kappa shape index (κ1) is 16.4. The van der Waals surface area contributed by atoms with Gasteiger partial charge in [0.05, 0.1) is 13.7 Å². The number of nitrogens with zero attached hydrogens (tertiary/aromatic N) is 4. The van der Waals surface area contributed by atoms with Crippen LogP contribution in [-0.2, 0) is 6.54 Å². The van der Waals surface area contributed by atoms with Crippen LogP contribution in [0.3, 0.4) is 0 Å². The Bertz CT molecular complexity index is 720. The summed E-state index contributed by atoms with van der Waals surface area (Å²) in [5.41, 5.74) is 1.69. The molecule has 7 heteroatoms. The Morgan fingerprint density at radius 1 is 1.25 bits per heavy atom. The molecule has 1 fully saturated rings. The number of carbonyl (C=O) groups excluding carboxylic acids is 1. The van der Waals surface area contributed by atoms with Crippen molar-refractivity contribution in [3.63, 3.8) is 0 Å². The van der Waals surface area contributed by atoms with E-state index < -0.39 is 0 Å². The molecule has 1 aromatic heterocycles. The Kier molecular flexibility index (Phi) is 4.80. The number of hydrogen-bond donors (Lipinski definition) is 0. The number of ether oxygens (including phenoxy) is 1. The van der Waals surface area contributed by atoms with Crippen molar-refractivity contribution in [1.82, 2.24) is 19.9 Å². The smallest absolute Gasteiger partial charge is 0.254 e. The number of aryl methyl sites for hydroxylation is 2. The predicted octanol–water partition coefficient (Wildman–Crippen LogP) is 1.65. The van der Waals surface area contributed by atoms with E-state index in [9.17, 15) is 4.79 Å². The molecule has 7 nitrogen and oxygen atoms in total. The van der Waals surface area contributed by atoms with Gasteiger partial charge in [0.1, 0.15) is 5.75 Å². The van der Waals surface area contributed by atoms with Crippen LogP contribution in [0.2, 0.25) is 0 Å². The fourth-order valence-corrected chi connectivity index (χ4v) is 2.84. The minimum atomic E-state index is 0.0431. The van der Waals surface area contributed by atoms with Gasteiger partial charge < -0.3 is 14.2 Å². The van der Waals surface area contributed by atoms with Crippen molar-refractivity contribution < 1.29 is 14.1 Å². The number of rotatable bonds is 4. The summed E-state index contributed by atoms with van der Waals surface area (Å²) in [5.74, 6) is 2.05. The van der Waals surface area contributed by atoms with Crippen LogP contribution in [-0.4, -0.2) is 59.1 Å². The molecule has 128 valence electrons. The Morgan fingerprint density at radius 2 is 2.00 bits per heavy atom. The van der Waals surface area contributed by atoms with Gasteiger partial charge in [-0.3, -0.25) is 9.69 Å². The Labute approximate surface area is 141 Å². The average molecular weight is 330 g/mol. The Morgan fingerprint density at radius 3 is 2.62 bits per heavy atom. The van der Waals surface area contributed by atoms with Crippen molar-refractivity contribution in [3.8, 4) is 5.75 Å². The number of piperazine rings is 1. The molecular formula is C17H22N4O3. The number of amides is 1. The van der Waals surface area contributed by atoms with Crippen LogP contribution in [0.4, 0.5) is 0 Å². The van der Waals surface area contributed by atoms with Gasteiger partial charge >= 0.3 is 0 Å². The van der Waals surface area contributed by atoms with Crippen LogP contribution in [0, 0.1) is 13.8 Å². The molecule has 1 amide bonds. The molecular weight excluding hydrogens is 308 g/mol. The van der Waals surface area contributed by atoms with Gasteiger partial charge in [-0.1, -0.05) is 11.2 Å². The monoisotopic (exact) mass is 330 g/mol. The van der Waals surface area contributed by atoms with E-state index in [1.54, 1.807) is 14.0 Å². The maximum Gasteiger partial charge on any atom is 0.254 e. The van der Waals surface area contributed by atoms with Crippen molar-refractivity contribution in [2.75, 3.05) is 33.3 Å². The second kappa shape index (κ2) is 7.00. The fourth-order valence-electron chi connectivity index (χ4n) is 2.84. The molecule has 1 aliphatic rings. The summed E-state index contributed by atoms with van der Waals surface area (Å²) in [6, 6.07) is 5.58. The van der Waals surface area contributed by atoms with E-state index in [4.69, 9.17) is 9.26 Å². The molecule has 0 N–H and O–H groups in total. The molecule has 2 heterocycles. The number of hydrogen-bond acceptors (Lipinski definition) is 6. The largest absolute Gasteiger partial charge is 0.496 e. The third-order valence-electron chi connectivity index (χ3n) is 4.24. The number of methoxy groups -OCH3 is 1. The molecule has 24 heavy (non-hydrogen) atoms. The summed E-state index contributed by atoms with van der Waals surface area (Å²) < 4.78 is 10.5. The second-order valence-corrected chi connectivity index (χ2v) is 5.99. The summed E-state index contributed by atoms with van der Waals surface area (Å²) in [4.78, 5) is 21.0. The molecule has 3 rings (SSSR count). The highest BCUT2D eigenvalue weighted by atomic mass is 16.5. The van der Waals surface area contributed by atoms with Gasteiger partial charge in [-0.15, -0.1) is 0 Å². The van der Waals surface area contributed by atoms with Gasteiger partial charge in [-0.05, 0) is 31.5 Å². The van der Waals surface area contributed by atoms with E-state index in [0.717, 1.165) is 24.4 Å². The standard InChI is InChI=1S/C17H22N4O3/c1-12-4-5-14(10-15(12)23-3)17(22)21-8-6-20(7-9-21)11-16-18-13(2)19-24-16/h4-5,10H,6-9,11H2,1-3H3. The van der Waals surface area contributed by atoms with Crippen LogP contribution in [0.25, 0.3) is 0 Å². The maximum atomic E-state index is 12.7. The van der Waals surface area contributed by atoms with Crippen molar-refractivity contribution >= 4 is 5.91 Å². The quantitative estimate of drug-likeness (QED) is 0.849. The second-order valence-electron chi connectivity index (χ2n) is 5.99. The van der Waals surface area contributed by atoms with Gasteiger partial charge in [0.25, 0.3) is 5.91 Å². The van der Waals surface area contributed by atoms with E-state index in [1.807, 2.05) is 30.0 Å². The first-order valence-electron chi connectivity index (χ1n) is 8.02. The minimum absolute atomic E-state index is 0.0431. The summed E-state index contributed by atoms with van der Waals surface area (Å²) in [5, 5.41) is 3.80. The molecule has 0 bridgehead atoms. The molecule has 0 unspecified atom stereocenters. The van der Waals surface area contributed by atoms with Gasteiger partial charge in [0, 0.05) is 31.7 Å². The zero-order valence-electron chi connectivity index (χ0n) is 14.3. The molecule has 1 aliphatic heterocycles. The molecule has 1 saturated heterocycles. The van der Waals surface area contributed by atoms with Gasteiger partial charge in [-0.2, -0.15) is 4.98 Å². The van der Waals surface area contributed by atoms with Crippen LogP contribution >= 0.6 is 0 Å². The maximum absolute atomic E-state index is 12.7. The zero-order chi connectivity index (χ0) is 17.1. The number of carbonyl (C=O) groups is 1. The summed E-state index contributed by atoms with van der Waals surface area (Å²) in [6.07, 6.45) is 0. The first-order chi connectivity index (χ1) is 11.6. The predicted molar refractivity (Wildman–Crippen MR) is 87.9 cm³/mol. The van der Waals surface area contributed by atoms with E-state index >= 15 is 0 Å². The van der Waals surface area contributed by atoms with Crippen molar-refractivity contribution in [1.29, 1.82) is 0 Å². The summed E-state index contributed by atoms with van der Waals surface area (Å²) in [6.45, 7) is 7.34. The van der Waals surface area contributed by atoms with Crippen LogP contribution in [0.15, 0.2) is 22.7 Å². The van der Waals surface area contributed by atoms with Crippen LogP contribution in [0.5, 0.6) is 5.75 Å². The van der Waals surface area contributed by atoms with Gasteiger partial charge in [-0.25, -0.2) is 0 Å². The highest BCUT2D eigenvalue weighted by Gasteiger charge is 2.23. The van der Waals surface area contributed by atoms with E-state index in [0.29, 0.717) is 36.9 Å². The van der Waals surface area contributed by atoms with E-state index in [2.05, 4.69) is 15.0 Å². The number of aromatic nitrogens is 2. The molecule has 1 aromatic carbocycles. The van der Waals surface area contributed by atoms with Crippen molar-refractivity contribution in [2.24, 2.45) is 0 Å². The SMILES string of the molecule is COc1cc(C(=O)N2CCN(Cc3nc(C)no3)CC2)ccc1C. The van der Waals surface area contributed by atoms with Crippen molar-refractivity contribution in [2.45, 2.75) is 20.4 Å². The minimum Gasteiger partial charge on any atom is -0.496 e. The normalized spacial score (nSPS) is 15.5. The van der Waals surface area contributed by atoms with Crippen LogP contribution in [0.1, 0.15) is 27.6 Å². The summed E-state index contributed by atoms with van der Waals surface area (Å²) in [7, 11) is 1.62. The molecule has 0 radical (unpaired) electrons. The molecule has 0 spiro atoms.